The first-order valence-electron chi connectivity index (χ1n) is 12.6. The zero-order valence-corrected chi connectivity index (χ0v) is 20.7. The minimum Gasteiger partial charge on any atom is -0.466 e. The lowest BCUT2D eigenvalue weighted by molar-refractivity contribution is -0.384. The molecule has 1 saturated heterocycles. The first kappa shape index (κ1) is 24.8. The molecule has 1 aromatic carbocycles. The molecule has 10 nitrogen and oxygen atoms in total. The Morgan fingerprint density at radius 2 is 1.92 bits per heavy atom. The molecule has 0 N–H and O–H groups in total. The Bertz CT molecular complexity index is 1280. The second kappa shape index (κ2) is 10.6. The summed E-state index contributed by atoms with van der Waals surface area (Å²) in [6.07, 6.45) is 3.50. The Balaban J connectivity index is 1.32. The Kier molecular flexibility index (Phi) is 7.09. The Morgan fingerprint density at radius 1 is 1.11 bits per heavy atom. The van der Waals surface area contributed by atoms with Gasteiger partial charge in [-0.15, -0.1) is 0 Å². The highest BCUT2D eigenvalue weighted by atomic mass is 16.6. The molecule has 2 unspecified atom stereocenters. The summed E-state index contributed by atoms with van der Waals surface area (Å²) in [6.45, 7) is 5.05. The highest BCUT2D eigenvalue weighted by Crippen LogP contribution is 2.34. The van der Waals surface area contributed by atoms with E-state index in [0.29, 0.717) is 38.4 Å². The van der Waals surface area contributed by atoms with E-state index < -0.39 is 4.92 Å². The average molecular weight is 507 g/mol. The zero-order valence-electron chi connectivity index (χ0n) is 20.7. The molecular formula is C27H30N4O6. The molecule has 3 aromatic rings. The van der Waals surface area contributed by atoms with Gasteiger partial charge in [-0.25, -0.2) is 0 Å². The van der Waals surface area contributed by atoms with Crippen molar-refractivity contribution < 1.29 is 23.7 Å². The molecule has 0 aliphatic carbocycles. The third-order valence-electron chi connectivity index (χ3n) is 7.12. The number of amides is 1. The van der Waals surface area contributed by atoms with Crippen LogP contribution in [0.3, 0.4) is 0 Å². The summed E-state index contributed by atoms with van der Waals surface area (Å²) in [7, 11) is 0. The largest absolute Gasteiger partial charge is 0.466 e. The van der Waals surface area contributed by atoms with Crippen LogP contribution in [0.1, 0.15) is 53.4 Å². The van der Waals surface area contributed by atoms with Gasteiger partial charge in [0, 0.05) is 50.2 Å². The molecule has 2 aliphatic heterocycles. The second-order valence-corrected chi connectivity index (χ2v) is 9.46. The fourth-order valence-corrected chi connectivity index (χ4v) is 5.31. The number of piperidine rings is 1. The molecule has 37 heavy (non-hydrogen) atoms. The van der Waals surface area contributed by atoms with Crippen molar-refractivity contribution in [2.75, 3.05) is 26.2 Å². The van der Waals surface area contributed by atoms with Crippen LogP contribution in [0, 0.1) is 16.0 Å². The van der Waals surface area contributed by atoms with Gasteiger partial charge in [-0.2, -0.15) is 0 Å². The molecule has 10 heteroatoms. The summed E-state index contributed by atoms with van der Waals surface area (Å²) >= 11 is 0. The van der Waals surface area contributed by atoms with Crippen molar-refractivity contribution in [1.29, 1.82) is 0 Å². The Morgan fingerprint density at radius 3 is 2.68 bits per heavy atom. The lowest BCUT2D eigenvalue weighted by Crippen LogP contribution is -2.42. The number of benzene rings is 1. The van der Waals surface area contributed by atoms with Crippen LogP contribution in [0.25, 0.3) is 0 Å². The number of rotatable bonds is 7. The molecule has 194 valence electrons. The number of nitro benzene ring substituents is 1. The smallest absolute Gasteiger partial charge is 0.310 e. The van der Waals surface area contributed by atoms with E-state index >= 15 is 0 Å². The number of aromatic nitrogens is 1. The lowest BCUT2D eigenvalue weighted by atomic mass is 9.98. The van der Waals surface area contributed by atoms with Gasteiger partial charge in [0.2, 0.25) is 0 Å². The van der Waals surface area contributed by atoms with E-state index in [9.17, 15) is 19.7 Å². The Labute approximate surface area is 214 Å². The van der Waals surface area contributed by atoms with Gasteiger partial charge in [-0.3, -0.25) is 24.6 Å². The fourth-order valence-electron chi connectivity index (χ4n) is 5.31. The van der Waals surface area contributed by atoms with Crippen molar-refractivity contribution in [3.8, 4) is 0 Å². The minimum atomic E-state index is -0.399. The summed E-state index contributed by atoms with van der Waals surface area (Å²) in [5.41, 5.74) is 2.10. The number of esters is 1. The molecule has 2 atom stereocenters. The molecule has 0 spiro atoms. The van der Waals surface area contributed by atoms with E-state index in [2.05, 4.69) is 15.5 Å². The number of hydrogen-bond donors (Lipinski definition) is 0. The molecule has 4 heterocycles. The fraction of sp³-hybridized carbons (Fsp3) is 0.407. The molecule has 2 aliphatic rings. The standard InChI is InChI=1S/C27H30N4O6/c1-2-36-27(33)20-5-3-14-30(17-20)26(32)24-12-11-22(37-24)18-29-16-15-28-13-4-6-23(28)25(29)19-7-9-21(10-8-19)31(34)35/h4,6-13,20,25H,2-3,5,14-18H2,1H3. The normalized spacial score (nSPS) is 19.9. The average Bonchev–Trinajstić information content (AvgIpc) is 3.58. The second-order valence-electron chi connectivity index (χ2n) is 9.46. The van der Waals surface area contributed by atoms with Crippen LogP contribution in [0.4, 0.5) is 5.69 Å². The van der Waals surface area contributed by atoms with Gasteiger partial charge < -0.3 is 18.6 Å². The number of nitro groups is 1. The number of carbonyl (C=O) groups excluding carboxylic acids is 2. The quantitative estimate of drug-likeness (QED) is 0.270. The van der Waals surface area contributed by atoms with Crippen molar-refractivity contribution in [1.82, 2.24) is 14.4 Å². The van der Waals surface area contributed by atoms with E-state index in [1.54, 1.807) is 30.0 Å². The third-order valence-corrected chi connectivity index (χ3v) is 7.12. The minimum absolute atomic E-state index is 0.0542. The number of furan rings is 1. The van der Waals surface area contributed by atoms with Crippen molar-refractivity contribution in [2.45, 2.75) is 38.9 Å². The molecule has 2 aromatic heterocycles. The van der Waals surface area contributed by atoms with Crippen molar-refractivity contribution >= 4 is 17.6 Å². The number of non-ortho nitro benzene ring substituents is 1. The van der Waals surface area contributed by atoms with Gasteiger partial charge >= 0.3 is 5.97 Å². The molecule has 0 saturated carbocycles. The first-order chi connectivity index (χ1) is 17.9. The van der Waals surface area contributed by atoms with Crippen LogP contribution in [-0.2, 0) is 22.6 Å². The lowest BCUT2D eigenvalue weighted by Gasteiger charge is -2.36. The van der Waals surface area contributed by atoms with Gasteiger partial charge in [0.15, 0.2) is 5.76 Å². The molecule has 1 fully saturated rings. The van der Waals surface area contributed by atoms with Crippen LogP contribution >= 0.6 is 0 Å². The summed E-state index contributed by atoms with van der Waals surface area (Å²) < 4.78 is 13.3. The van der Waals surface area contributed by atoms with E-state index in [4.69, 9.17) is 9.15 Å². The van der Waals surface area contributed by atoms with E-state index in [-0.39, 0.29) is 35.3 Å². The zero-order chi connectivity index (χ0) is 25.9. The molecule has 1 amide bonds. The van der Waals surface area contributed by atoms with Gasteiger partial charge in [0.1, 0.15) is 5.76 Å². The monoisotopic (exact) mass is 506 g/mol. The van der Waals surface area contributed by atoms with E-state index in [0.717, 1.165) is 30.8 Å². The van der Waals surface area contributed by atoms with Gasteiger partial charge in [0.25, 0.3) is 11.6 Å². The highest BCUT2D eigenvalue weighted by molar-refractivity contribution is 5.92. The number of nitrogens with zero attached hydrogens (tertiary/aromatic N) is 4. The van der Waals surface area contributed by atoms with Crippen LogP contribution in [0.5, 0.6) is 0 Å². The number of carbonyl (C=O) groups is 2. The number of hydrogen-bond acceptors (Lipinski definition) is 7. The van der Waals surface area contributed by atoms with E-state index in [1.807, 2.05) is 18.3 Å². The van der Waals surface area contributed by atoms with Gasteiger partial charge in [-0.1, -0.05) is 12.1 Å². The van der Waals surface area contributed by atoms with Crippen LogP contribution in [-0.4, -0.2) is 57.4 Å². The molecular weight excluding hydrogens is 476 g/mol. The number of likely N-dealkylation sites (tertiary alicyclic amines) is 1. The summed E-state index contributed by atoms with van der Waals surface area (Å²) in [4.78, 5) is 40.0. The van der Waals surface area contributed by atoms with Crippen LogP contribution in [0.2, 0.25) is 0 Å². The number of fused-ring (bicyclic) bond motifs is 1. The van der Waals surface area contributed by atoms with Gasteiger partial charge in [-0.05, 0) is 49.6 Å². The SMILES string of the molecule is CCOC(=O)C1CCCN(C(=O)c2ccc(CN3CCn4cccc4C3c3ccc([N+](=O)[O-])cc3)o2)C1. The van der Waals surface area contributed by atoms with Crippen molar-refractivity contribution in [3.63, 3.8) is 0 Å². The maximum Gasteiger partial charge on any atom is 0.310 e. The van der Waals surface area contributed by atoms with Crippen molar-refractivity contribution in [2.24, 2.45) is 5.92 Å². The first-order valence-corrected chi connectivity index (χ1v) is 12.6. The number of ether oxygens (including phenoxy) is 1. The van der Waals surface area contributed by atoms with Gasteiger partial charge in [0.05, 0.1) is 30.0 Å². The summed E-state index contributed by atoms with van der Waals surface area (Å²) in [6, 6.07) is 14.1. The van der Waals surface area contributed by atoms with Crippen LogP contribution < -0.4 is 0 Å². The predicted molar refractivity (Wildman–Crippen MR) is 134 cm³/mol. The van der Waals surface area contributed by atoms with Crippen molar-refractivity contribution in [3.05, 3.63) is 87.6 Å². The maximum atomic E-state index is 13.1. The third kappa shape index (κ3) is 5.15. The highest BCUT2D eigenvalue weighted by Gasteiger charge is 2.32. The molecule has 0 bridgehead atoms. The summed E-state index contributed by atoms with van der Waals surface area (Å²) in [5, 5.41) is 11.1. The Hall–Kier alpha value is -3.92. The maximum absolute atomic E-state index is 13.1. The summed E-state index contributed by atoms with van der Waals surface area (Å²) in [5.74, 6) is 0.132. The topological polar surface area (TPSA) is 111 Å². The predicted octanol–water partition coefficient (Wildman–Crippen LogP) is 4.01. The van der Waals surface area contributed by atoms with Crippen LogP contribution in [0.15, 0.2) is 59.1 Å². The van der Waals surface area contributed by atoms with E-state index in [1.165, 1.54) is 12.1 Å². The molecule has 0 radical (unpaired) electrons. The molecule has 5 rings (SSSR count).